The quantitative estimate of drug-likeness (QED) is 0.190. The lowest BCUT2D eigenvalue weighted by Gasteiger charge is -2.23. The Morgan fingerprint density at radius 2 is 1.76 bits per heavy atom. The third-order valence-electron chi connectivity index (χ3n) is 6.15. The summed E-state index contributed by atoms with van der Waals surface area (Å²) in [6.45, 7) is 3.40. The van der Waals surface area contributed by atoms with Crippen LogP contribution >= 0.6 is 0 Å². The molecule has 0 bridgehead atoms. The lowest BCUT2D eigenvalue weighted by molar-refractivity contribution is -0.145. The number of nitrogens with zero attached hydrogens (tertiary/aromatic N) is 2. The number of esters is 1. The van der Waals surface area contributed by atoms with Crippen LogP contribution in [-0.4, -0.2) is 47.5 Å². The number of nitrogens with two attached hydrogens (primary N) is 1. The highest BCUT2D eigenvalue weighted by Crippen LogP contribution is 2.27. The number of hydrogen-bond acceptors (Lipinski definition) is 8. The van der Waals surface area contributed by atoms with E-state index in [1.807, 2.05) is 4.90 Å². The van der Waals surface area contributed by atoms with E-state index >= 15 is 0 Å². The first-order chi connectivity index (χ1) is 16.0. The van der Waals surface area contributed by atoms with Gasteiger partial charge in [0.1, 0.15) is 5.69 Å². The molecule has 188 valence electrons. The summed E-state index contributed by atoms with van der Waals surface area (Å²) >= 11 is 0. The number of anilines is 3. The molecule has 0 aliphatic carbocycles. The molecule has 1 unspecified atom stereocenters. The van der Waals surface area contributed by atoms with Gasteiger partial charge in [-0.3, -0.25) is 14.6 Å². The number of carbonyl (C=O) groups is 1. The lowest BCUT2D eigenvalue weighted by Crippen LogP contribution is -2.33. The van der Waals surface area contributed by atoms with Gasteiger partial charge in [0.15, 0.2) is 5.82 Å². The second-order valence-corrected chi connectivity index (χ2v) is 9.05. The van der Waals surface area contributed by atoms with Gasteiger partial charge in [-0.25, -0.2) is 0 Å². The molecule has 1 aliphatic rings. The van der Waals surface area contributed by atoms with Crippen LogP contribution in [0.3, 0.4) is 0 Å². The molecule has 0 spiro atoms. The van der Waals surface area contributed by atoms with Gasteiger partial charge in [0.25, 0.3) is 5.56 Å². The lowest BCUT2D eigenvalue weighted by atomic mass is 10.1. The van der Waals surface area contributed by atoms with Crippen molar-refractivity contribution in [1.82, 2.24) is 9.97 Å². The number of hydrogen-bond donors (Lipinski definition) is 4. The Kier molecular flexibility index (Phi) is 12.7. The van der Waals surface area contributed by atoms with Gasteiger partial charge in [-0.1, -0.05) is 71.1 Å². The average Bonchev–Trinajstić information content (AvgIpc) is 3.18. The van der Waals surface area contributed by atoms with Gasteiger partial charge in [0, 0.05) is 25.5 Å². The van der Waals surface area contributed by atoms with Crippen molar-refractivity contribution in [3.05, 3.63) is 10.4 Å². The second-order valence-electron chi connectivity index (χ2n) is 9.05. The summed E-state index contributed by atoms with van der Waals surface area (Å²) in [5, 5.41) is 12.4. The monoisotopic (exact) mass is 465 g/mol. The molecule has 0 fully saturated rings. The molecular weight excluding hydrogens is 422 g/mol. The Bertz CT molecular complexity index is 755. The molecule has 1 aromatic heterocycles. The maximum atomic E-state index is 12.2. The number of aliphatic hydroxyl groups excluding tert-OH is 1. The fraction of sp³-hybridized carbons (Fsp3) is 0.792. The number of H-pyrrole nitrogens is 1. The van der Waals surface area contributed by atoms with E-state index < -0.39 is 0 Å². The number of aliphatic hydroxyl groups is 1. The Labute approximate surface area is 197 Å². The Morgan fingerprint density at radius 1 is 1.12 bits per heavy atom. The smallest absolute Gasteiger partial charge is 0.305 e. The van der Waals surface area contributed by atoms with Crippen molar-refractivity contribution in [3.8, 4) is 0 Å². The van der Waals surface area contributed by atoms with Gasteiger partial charge in [-0.15, -0.1) is 0 Å². The molecule has 5 N–H and O–H groups in total. The molecule has 9 nitrogen and oxygen atoms in total. The van der Waals surface area contributed by atoms with Crippen molar-refractivity contribution in [1.29, 1.82) is 0 Å². The molecule has 0 radical (unpaired) electrons. The molecule has 0 amide bonds. The maximum absolute atomic E-state index is 12.2. The molecule has 9 heteroatoms. The van der Waals surface area contributed by atoms with Crippen molar-refractivity contribution < 1.29 is 14.6 Å². The van der Waals surface area contributed by atoms with E-state index in [0.717, 1.165) is 12.8 Å². The molecule has 0 saturated carbocycles. The molecule has 33 heavy (non-hydrogen) atoms. The van der Waals surface area contributed by atoms with Crippen molar-refractivity contribution in [3.63, 3.8) is 0 Å². The first-order valence-electron chi connectivity index (χ1n) is 12.7. The van der Waals surface area contributed by atoms with E-state index in [2.05, 4.69) is 22.2 Å². The fourth-order valence-corrected chi connectivity index (χ4v) is 4.20. The van der Waals surface area contributed by atoms with E-state index in [4.69, 9.17) is 10.5 Å². The summed E-state index contributed by atoms with van der Waals surface area (Å²) in [6, 6.07) is 0. The van der Waals surface area contributed by atoms with E-state index in [1.54, 1.807) is 0 Å². The number of nitrogens with one attached hydrogen (secondary N) is 2. The number of aromatic amines is 1. The summed E-state index contributed by atoms with van der Waals surface area (Å²) in [6.07, 6.45) is 14.6. The average molecular weight is 466 g/mol. The Morgan fingerprint density at radius 3 is 2.39 bits per heavy atom. The standard InChI is InChI=1S/C24H43N5O4/c1-2-3-4-5-6-7-8-9-10-11-12-13-20(31)33-17-19(14-15-30)16-29-18-26-21-22(29)27-24(25)28-23(21)32/h19,26,30H,2-18H2,1H3,(H3,25,27,28,32). The molecular formula is C24H43N5O4. The summed E-state index contributed by atoms with van der Waals surface area (Å²) in [4.78, 5) is 32.7. The van der Waals surface area contributed by atoms with Crippen LogP contribution in [0.15, 0.2) is 4.79 Å². The first kappa shape index (κ1) is 27.0. The zero-order valence-electron chi connectivity index (χ0n) is 20.2. The van der Waals surface area contributed by atoms with Gasteiger partial charge < -0.3 is 25.8 Å². The number of aromatic nitrogens is 2. The molecule has 2 heterocycles. The summed E-state index contributed by atoms with van der Waals surface area (Å²) < 4.78 is 5.48. The van der Waals surface area contributed by atoms with Gasteiger partial charge in [0.2, 0.25) is 5.95 Å². The van der Waals surface area contributed by atoms with Gasteiger partial charge in [-0.05, 0) is 12.8 Å². The van der Waals surface area contributed by atoms with Crippen molar-refractivity contribution >= 4 is 23.4 Å². The summed E-state index contributed by atoms with van der Waals surface area (Å²) in [5.74, 6) is 0.301. The molecule has 0 aromatic carbocycles. The molecule has 1 aliphatic heterocycles. The van der Waals surface area contributed by atoms with E-state index in [-0.39, 0.29) is 36.6 Å². The van der Waals surface area contributed by atoms with Crippen LogP contribution in [-0.2, 0) is 9.53 Å². The second kappa shape index (κ2) is 15.5. The zero-order chi connectivity index (χ0) is 23.9. The normalized spacial score (nSPS) is 13.6. The SMILES string of the molecule is CCCCCCCCCCCCCC(=O)OCC(CCO)CN1CNc2c1nc(N)[nH]c2=O. The van der Waals surface area contributed by atoms with Crippen LogP contribution in [0, 0.1) is 5.92 Å². The zero-order valence-corrected chi connectivity index (χ0v) is 20.2. The Hall–Kier alpha value is -2.29. The summed E-state index contributed by atoms with van der Waals surface area (Å²) in [7, 11) is 0. The number of rotatable bonds is 18. The molecule has 0 saturated heterocycles. The van der Waals surface area contributed by atoms with Crippen LogP contribution in [0.4, 0.5) is 17.5 Å². The van der Waals surface area contributed by atoms with Crippen LogP contribution in [0.2, 0.25) is 0 Å². The van der Waals surface area contributed by atoms with E-state index in [9.17, 15) is 14.7 Å². The molecule has 1 atom stereocenters. The minimum absolute atomic E-state index is 0.000112. The van der Waals surface area contributed by atoms with Crippen LogP contribution in [0.1, 0.15) is 90.4 Å². The molecule has 2 rings (SSSR count). The Balaban J connectivity index is 1.60. The highest BCUT2D eigenvalue weighted by atomic mass is 16.5. The van der Waals surface area contributed by atoms with Crippen molar-refractivity contribution in [2.45, 2.75) is 90.4 Å². The van der Waals surface area contributed by atoms with Crippen molar-refractivity contribution in [2.75, 3.05) is 42.4 Å². The number of unbranched alkanes of at least 4 members (excludes halogenated alkanes) is 10. The maximum Gasteiger partial charge on any atom is 0.305 e. The molecule has 1 aromatic rings. The van der Waals surface area contributed by atoms with Crippen LogP contribution in [0.25, 0.3) is 0 Å². The van der Waals surface area contributed by atoms with E-state index in [1.165, 1.54) is 57.8 Å². The van der Waals surface area contributed by atoms with Gasteiger partial charge in [0.05, 0.1) is 13.3 Å². The third kappa shape index (κ3) is 10.0. The topological polar surface area (TPSA) is 134 Å². The highest BCUT2D eigenvalue weighted by Gasteiger charge is 2.26. The number of nitrogen functional groups attached to an aromatic ring is 1. The predicted octanol–water partition coefficient (Wildman–Crippen LogP) is 3.78. The minimum Gasteiger partial charge on any atom is -0.465 e. The fourth-order valence-electron chi connectivity index (χ4n) is 4.20. The third-order valence-corrected chi connectivity index (χ3v) is 6.15. The number of ether oxygens (including phenoxy) is 1. The van der Waals surface area contributed by atoms with Gasteiger partial charge in [-0.2, -0.15) is 4.98 Å². The largest absolute Gasteiger partial charge is 0.465 e. The number of carbonyl (C=O) groups excluding carboxylic acids is 1. The minimum atomic E-state index is -0.308. The van der Waals surface area contributed by atoms with Crippen molar-refractivity contribution in [2.24, 2.45) is 5.92 Å². The predicted molar refractivity (Wildman–Crippen MR) is 132 cm³/mol. The first-order valence-corrected chi connectivity index (χ1v) is 12.7. The van der Waals surface area contributed by atoms with Gasteiger partial charge >= 0.3 is 5.97 Å². The highest BCUT2D eigenvalue weighted by molar-refractivity contribution is 5.71. The van der Waals surface area contributed by atoms with Crippen LogP contribution in [0.5, 0.6) is 0 Å². The van der Waals surface area contributed by atoms with Crippen LogP contribution < -0.4 is 21.5 Å². The van der Waals surface area contributed by atoms with E-state index in [0.29, 0.717) is 37.6 Å². The number of fused-ring (bicyclic) bond motifs is 1. The summed E-state index contributed by atoms with van der Waals surface area (Å²) in [5.41, 5.74) is 5.75.